The predicted molar refractivity (Wildman–Crippen MR) is 59.1 cm³/mol. The van der Waals surface area contributed by atoms with E-state index in [0.29, 0.717) is 23.1 Å². The van der Waals surface area contributed by atoms with E-state index >= 15 is 0 Å². The second-order valence-electron chi connectivity index (χ2n) is 3.92. The second kappa shape index (κ2) is 5.12. The third-order valence-electron chi connectivity index (χ3n) is 2.11. The first kappa shape index (κ1) is 12.0. The maximum atomic E-state index is 11.0. The standard InChI is InChI=1S/C11H14ClNO2/c1-7(2)5-9(11(14)15)10-4-3-8(12)6-13-10/h3-4,6-7,9H,5H2,1-2H3,(H,14,15). The van der Waals surface area contributed by atoms with E-state index in [9.17, 15) is 4.79 Å². The molecule has 82 valence electrons. The molecule has 3 nitrogen and oxygen atoms in total. The summed E-state index contributed by atoms with van der Waals surface area (Å²) in [5.74, 6) is -1.05. The lowest BCUT2D eigenvalue weighted by atomic mass is 9.94. The van der Waals surface area contributed by atoms with E-state index in [1.165, 1.54) is 6.20 Å². The maximum Gasteiger partial charge on any atom is 0.312 e. The van der Waals surface area contributed by atoms with Gasteiger partial charge < -0.3 is 5.11 Å². The lowest BCUT2D eigenvalue weighted by Gasteiger charge is -2.13. The topological polar surface area (TPSA) is 50.2 Å². The molecule has 0 aliphatic rings. The van der Waals surface area contributed by atoms with Crippen LogP contribution in [0.25, 0.3) is 0 Å². The zero-order valence-electron chi connectivity index (χ0n) is 8.77. The summed E-state index contributed by atoms with van der Waals surface area (Å²) in [4.78, 5) is 15.1. The molecule has 1 aromatic heterocycles. The molecule has 0 aliphatic heterocycles. The zero-order valence-corrected chi connectivity index (χ0v) is 9.53. The summed E-state index contributed by atoms with van der Waals surface area (Å²) in [6, 6.07) is 3.34. The van der Waals surface area contributed by atoms with Crippen molar-refractivity contribution < 1.29 is 9.90 Å². The second-order valence-corrected chi connectivity index (χ2v) is 4.36. The highest BCUT2D eigenvalue weighted by Crippen LogP contribution is 2.23. The molecule has 0 spiro atoms. The SMILES string of the molecule is CC(C)CC(C(=O)O)c1ccc(Cl)cn1. The molecule has 0 amide bonds. The van der Waals surface area contributed by atoms with Crippen LogP contribution in [0.4, 0.5) is 0 Å². The first-order valence-corrected chi connectivity index (χ1v) is 5.22. The van der Waals surface area contributed by atoms with Gasteiger partial charge in [-0.3, -0.25) is 9.78 Å². The van der Waals surface area contributed by atoms with Gasteiger partial charge in [-0.25, -0.2) is 0 Å². The Balaban J connectivity index is 2.89. The van der Waals surface area contributed by atoms with Gasteiger partial charge in [0.25, 0.3) is 0 Å². The number of hydrogen-bond acceptors (Lipinski definition) is 2. The summed E-state index contributed by atoms with van der Waals surface area (Å²) in [5, 5.41) is 9.59. The van der Waals surface area contributed by atoms with Gasteiger partial charge in [0.2, 0.25) is 0 Å². The highest BCUT2D eigenvalue weighted by atomic mass is 35.5. The molecule has 0 aromatic carbocycles. The number of carboxylic acids is 1. The van der Waals surface area contributed by atoms with E-state index in [1.54, 1.807) is 12.1 Å². The summed E-state index contributed by atoms with van der Waals surface area (Å²) < 4.78 is 0. The Kier molecular flexibility index (Phi) is 4.09. The Hall–Kier alpha value is -1.09. The highest BCUT2D eigenvalue weighted by molar-refractivity contribution is 6.30. The number of carboxylic acid groups (broad SMARTS) is 1. The highest BCUT2D eigenvalue weighted by Gasteiger charge is 2.22. The van der Waals surface area contributed by atoms with E-state index in [0.717, 1.165) is 0 Å². The lowest BCUT2D eigenvalue weighted by Crippen LogP contribution is -2.15. The Bertz CT molecular complexity index is 335. The van der Waals surface area contributed by atoms with Crippen molar-refractivity contribution >= 4 is 17.6 Å². The van der Waals surface area contributed by atoms with Crippen LogP contribution in [0.15, 0.2) is 18.3 Å². The van der Waals surface area contributed by atoms with E-state index in [2.05, 4.69) is 4.98 Å². The van der Waals surface area contributed by atoms with E-state index < -0.39 is 11.9 Å². The first-order chi connectivity index (χ1) is 7.00. The lowest BCUT2D eigenvalue weighted by molar-refractivity contribution is -0.139. The van der Waals surface area contributed by atoms with Crippen LogP contribution in [0.1, 0.15) is 31.9 Å². The molecule has 0 radical (unpaired) electrons. The number of pyridine rings is 1. The number of aliphatic carboxylic acids is 1. The van der Waals surface area contributed by atoms with Gasteiger partial charge in [-0.1, -0.05) is 25.4 Å². The molecule has 1 atom stereocenters. The van der Waals surface area contributed by atoms with Gasteiger partial charge in [-0.15, -0.1) is 0 Å². The molecule has 0 saturated carbocycles. The molecule has 0 saturated heterocycles. The molecule has 1 aromatic rings. The summed E-state index contributed by atoms with van der Waals surface area (Å²) in [6.07, 6.45) is 2.07. The van der Waals surface area contributed by atoms with Crippen molar-refractivity contribution in [2.45, 2.75) is 26.2 Å². The zero-order chi connectivity index (χ0) is 11.4. The third-order valence-corrected chi connectivity index (χ3v) is 2.34. The Morgan fingerprint density at radius 2 is 2.20 bits per heavy atom. The molecule has 1 unspecified atom stereocenters. The number of carbonyl (C=O) groups is 1. The Morgan fingerprint density at radius 3 is 2.60 bits per heavy atom. The number of nitrogens with zero attached hydrogens (tertiary/aromatic N) is 1. The minimum absolute atomic E-state index is 0.323. The summed E-state index contributed by atoms with van der Waals surface area (Å²) >= 11 is 5.69. The van der Waals surface area contributed by atoms with E-state index in [-0.39, 0.29) is 0 Å². The van der Waals surface area contributed by atoms with E-state index in [1.807, 2.05) is 13.8 Å². The van der Waals surface area contributed by atoms with Gasteiger partial charge in [0.15, 0.2) is 0 Å². The van der Waals surface area contributed by atoms with Crippen LogP contribution < -0.4 is 0 Å². The van der Waals surface area contributed by atoms with Crippen molar-refractivity contribution in [3.05, 3.63) is 29.0 Å². The summed E-state index contributed by atoms with van der Waals surface area (Å²) in [6.45, 7) is 3.98. The van der Waals surface area contributed by atoms with Crippen LogP contribution in [0.3, 0.4) is 0 Å². The minimum atomic E-state index is -0.835. The van der Waals surface area contributed by atoms with Crippen LogP contribution in [0.2, 0.25) is 5.02 Å². The molecule has 4 heteroatoms. The van der Waals surface area contributed by atoms with Gasteiger partial charge >= 0.3 is 5.97 Å². The molecule has 1 N–H and O–H groups in total. The average Bonchev–Trinajstić information content (AvgIpc) is 2.15. The van der Waals surface area contributed by atoms with Crippen molar-refractivity contribution in [3.8, 4) is 0 Å². The van der Waals surface area contributed by atoms with E-state index in [4.69, 9.17) is 16.7 Å². The van der Waals surface area contributed by atoms with Gasteiger partial charge in [0.1, 0.15) is 0 Å². The minimum Gasteiger partial charge on any atom is -0.481 e. The quantitative estimate of drug-likeness (QED) is 0.861. The van der Waals surface area contributed by atoms with Crippen LogP contribution in [0, 0.1) is 5.92 Å². The number of hydrogen-bond donors (Lipinski definition) is 1. The van der Waals surface area contributed by atoms with Crippen LogP contribution in [-0.2, 0) is 4.79 Å². The monoisotopic (exact) mass is 227 g/mol. The predicted octanol–water partition coefficient (Wildman–Crippen LogP) is 2.95. The fraction of sp³-hybridized carbons (Fsp3) is 0.455. The van der Waals surface area contributed by atoms with Gasteiger partial charge in [0.05, 0.1) is 16.6 Å². The fourth-order valence-electron chi connectivity index (χ4n) is 1.41. The summed E-state index contributed by atoms with van der Waals surface area (Å²) in [7, 11) is 0. The fourth-order valence-corrected chi connectivity index (χ4v) is 1.52. The van der Waals surface area contributed by atoms with Crippen LogP contribution in [0.5, 0.6) is 0 Å². The van der Waals surface area contributed by atoms with Crippen molar-refractivity contribution in [1.82, 2.24) is 4.98 Å². The average molecular weight is 228 g/mol. The largest absolute Gasteiger partial charge is 0.481 e. The maximum absolute atomic E-state index is 11.0. The number of halogens is 1. The van der Waals surface area contributed by atoms with Crippen LogP contribution in [-0.4, -0.2) is 16.1 Å². The van der Waals surface area contributed by atoms with Crippen molar-refractivity contribution in [2.24, 2.45) is 5.92 Å². The van der Waals surface area contributed by atoms with Gasteiger partial charge in [-0.05, 0) is 24.5 Å². The molecule has 0 bridgehead atoms. The van der Waals surface area contributed by atoms with Crippen LogP contribution >= 0.6 is 11.6 Å². The summed E-state index contributed by atoms with van der Waals surface area (Å²) in [5.41, 5.74) is 0.570. The molecule has 0 fully saturated rings. The molecule has 0 aliphatic carbocycles. The van der Waals surface area contributed by atoms with Crippen molar-refractivity contribution in [2.75, 3.05) is 0 Å². The Labute approximate surface area is 94.1 Å². The number of rotatable bonds is 4. The van der Waals surface area contributed by atoms with Crippen molar-refractivity contribution in [1.29, 1.82) is 0 Å². The van der Waals surface area contributed by atoms with Gasteiger partial charge in [0, 0.05) is 6.20 Å². The molecule has 1 heterocycles. The van der Waals surface area contributed by atoms with Gasteiger partial charge in [-0.2, -0.15) is 0 Å². The first-order valence-electron chi connectivity index (χ1n) is 4.85. The third kappa shape index (κ3) is 3.51. The normalized spacial score (nSPS) is 12.8. The number of aromatic nitrogens is 1. The van der Waals surface area contributed by atoms with Crippen molar-refractivity contribution in [3.63, 3.8) is 0 Å². The smallest absolute Gasteiger partial charge is 0.312 e. The molecule has 1 rings (SSSR count). The molecular formula is C11H14ClNO2. The molecule has 15 heavy (non-hydrogen) atoms. The molecular weight excluding hydrogens is 214 g/mol. The Morgan fingerprint density at radius 1 is 1.53 bits per heavy atom.